The highest BCUT2D eigenvalue weighted by molar-refractivity contribution is 5.97. The Kier molecular flexibility index (Phi) is 3.89. The van der Waals surface area contributed by atoms with Crippen LogP contribution < -0.4 is 11.1 Å². The van der Waals surface area contributed by atoms with Crippen molar-refractivity contribution in [1.82, 2.24) is 15.1 Å². The molecule has 2 unspecified atom stereocenters. The molecule has 18 heavy (non-hydrogen) atoms. The third kappa shape index (κ3) is 3.03. The van der Waals surface area contributed by atoms with Gasteiger partial charge in [-0.3, -0.25) is 9.48 Å². The Hall–Kier alpha value is -1.52. The largest absolute Gasteiger partial charge is 0.396 e. The molecule has 1 aliphatic rings. The maximum atomic E-state index is 12.1. The maximum Gasteiger partial charge on any atom is 0.274 e. The molecule has 0 spiro atoms. The Morgan fingerprint density at radius 1 is 1.44 bits per heavy atom. The van der Waals surface area contributed by atoms with Crippen LogP contribution in [0.4, 0.5) is 5.69 Å². The SMILES string of the molecule is CC1CCCC(NC(=O)c2nn(C)cc2N)CC1. The molecule has 1 aromatic heterocycles. The van der Waals surface area contributed by atoms with Crippen LogP contribution in [0.15, 0.2) is 6.20 Å². The highest BCUT2D eigenvalue weighted by Gasteiger charge is 2.21. The molecule has 2 rings (SSSR count). The number of aryl methyl sites for hydroxylation is 1. The van der Waals surface area contributed by atoms with E-state index in [0.717, 1.165) is 18.8 Å². The van der Waals surface area contributed by atoms with Gasteiger partial charge in [0.05, 0.1) is 5.69 Å². The molecule has 1 aliphatic carbocycles. The lowest BCUT2D eigenvalue weighted by molar-refractivity contribution is 0.0928. The summed E-state index contributed by atoms with van der Waals surface area (Å²) in [6.07, 6.45) is 7.40. The molecule has 100 valence electrons. The van der Waals surface area contributed by atoms with Gasteiger partial charge in [-0.1, -0.05) is 19.8 Å². The molecule has 1 fully saturated rings. The second-order valence-corrected chi connectivity index (χ2v) is 5.39. The zero-order valence-corrected chi connectivity index (χ0v) is 11.1. The van der Waals surface area contributed by atoms with Gasteiger partial charge >= 0.3 is 0 Å². The van der Waals surface area contributed by atoms with E-state index in [1.807, 2.05) is 0 Å². The van der Waals surface area contributed by atoms with Crippen LogP contribution in [-0.2, 0) is 7.05 Å². The van der Waals surface area contributed by atoms with Crippen molar-refractivity contribution in [3.8, 4) is 0 Å². The fourth-order valence-electron chi connectivity index (χ4n) is 2.57. The second kappa shape index (κ2) is 5.42. The van der Waals surface area contributed by atoms with Crippen molar-refractivity contribution in [3.63, 3.8) is 0 Å². The van der Waals surface area contributed by atoms with E-state index in [0.29, 0.717) is 11.4 Å². The van der Waals surface area contributed by atoms with Gasteiger partial charge in [0.2, 0.25) is 0 Å². The molecule has 0 aromatic carbocycles. The number of nitrogens with zero attached hydrogens (tertiary/aromatic N) is 2. The average molecular weight is 250 g/mol. The first kappa shape index (κ1) is 12.9. The van der Waals surface area contributed by atoms with E-state index in [2.05, 4.69) is 17.3 Å². The molecule has 0 bridgehead atoms. The first-order valence-electron chi connectivity index (χ1n) is 6.66. The van der Waals surface area contributed by atoms with Gasteiger partial charge in [0.25, 0.3) is 5.91 Å². The summed E-state index contributed by atoms with van der Waals surface area (Å²) >= 11 is 0. The number of nitrogens with two attached hydrogens (primary N) is 1. The van der Waals surface area contributed by atoms with Crippen molar-refractivity contribution in [3.05, 3.63) is 11.9 Å². The fraction of sp³-hybridized carbons (Fsp3) is 0.692. The molecule has 1 amide bonds. The van der Waals surface area contributed by atoms with Crippen molar-refractivity contribution < 1.29 is 4.79 Å². The Morgan fingerprint density at radius 2 is 2.22 bits per heavy atom. The van der Waals surface area contributed by atoms with E-state index in [4.69, 9.17) is 5.73 Å². The number of carbonyl (C=O) groups excluding carboxylic acids is 1. The lowest BCUT2D eigenvalue weighted by Crippen LogP contribution is -2.35. The molecule has 3 N–H and O–H groups in total. The minimum Gasteiger partial charge on any atom is -0.396 e. The van der Waals surface area contributed by atoms with Crippen LogP contribution >= 0.6 is 0 Å². The summed E-state index contributed by atoms with van der Waals surface area (Å²) in [5.41, 5.74) is 6.54. The average Bonchev–Trinajstić information content (AvgIpc) is 2.51. The molecule has 5 nitrogen and oxygen atoms in total. The highest BCUT2D eigenvalue weighted by Crippen LogP contribution is 2.23. The van der Waals surface area contributed by atoms with E-state index in [-0.39, 0.29) is 11.9 Å². The zero-order valence-electron chi connectivity index (χ0n) is 11.1. The van der Waals surface area contributed by atoms with Crippen molar-refractivity contribution in [2.24, 2.45) is 13.0 Å². The van der Waals surface area contributed by atoms with E-state index < -0.39 is 0 Å². The van der Waals surface area contributed by atoms with Crippen LogP contribution in [0.25, 0.3) is 0 Å². The Labute approximate surface area is 108 Å². The third-order valence-corrected chi connectivity index (χ3v) is 3.66. The molecule has 0 saturated heterocycles. The number of nitrogens with one attached hydrogen (secondary N) is 1. The zero-order chi connectivity index (χ0) is 13.1. The third-order valence-electron chi connectivity index (χ3n) is 3.66. The van der Waals surface area contributed by atoms with Gasteiger partial charge in [-0.15, -0.1) is 0 Å². The van der Waals surface area contributed by atoms with Crippen LogP contribution in [-0.4, -0.2) is 21.7 Å². The molecule has 2 atom stereocenters. The summed E-state index contributed by atoms with van der Waals surface area (Å²) in [5, 5.41) is 7.15. The Bertz CT molecular complexity index is 427. The monoisotopic (exact) mass is 250 g/mol. The number of anilines is 1. The summed E-state index contributed by atoms with van der Waals surface area (Å²) < 4.78 is 1.57. The summed E-state index contributed by atoms with van der Waals surface area (Å²) in [7, 11) is 1.76. The number of aromatic nitrogens is 2. The maximum absolute atomic E-state index is 12.1. The van der Waals surface area contributed by atoms with Crippen LogP contribution in [0, 0.1) is 5.92 Å². The number of rotatable bonds is 2. The summed E-state index contributed by atoms with van der Waals surface area (Å²) in [6.45, 7) is 2.28. The lowest BCUT2D eigenvalue weighted by Gasteiger charge is -2.15. The van der Waals surface area contributed by atoms with Gasteiger partial charge in [-0.25, -0.2) is 0 Å². The Morgan fingerprint density at radius 3 is 2.89 bits per heavy atom. The van der Waals surface area contributed by atoms with Gasteiger partial charge in [0, 0.05) is 19.3 Å². The molecule has 1 saturated carbocycles. The minimum absolute atomic E-state index is 0.146. The molecule has 1 aromatic rings. The fourth-order valence-corrected chi connectivity index (χ4v) is 2.57. The van der Waals surface area contributed by atoms with Crippen LogP contribution in [0.1, 0.15) is 49.5 Å². The van der Waals surface area contributed by atoms with Gasteiger partial charge in [-0.2, -0.15) is 5.10 Å². The first-order chi connectivity index (χ1) is 8.56. The van der Waals surface area contributed by atoms with E-state index in [1.54, 1.807) is 17.9 Å². The van der Waals surface area contributed by atoms with Crippen LogP contribution in [0.2, 0.25) is 0 Å². The topological polar surface area (TPSA) is 72.9 Å². The number of nitrogen functional groups attached to an aromatic ring is 1. The van der Waals surface area contributed by atoms with Gasteiger partial charge in [0.1, 0.15) is 0 Å². The first-order valence-corrected chi connectivity index (χ1v) is 6.66. The van der Waals surface area contributed by atoms with Crippen molar-refractivity contribution in [2.75, 3.05) is 5.73 Å². The van der Waals surface area contributed by atoms with Crippen LogP contribution in [0.3, 0.4) is 0 Å². The van der Waals surface area contributed by atoms with Gasteiger partial charge in [-0.05, 0) is 25.2 Å². The van der Waals surface area contributed by atoms with E-state index >= 15 is 0 Å². The predicted octanol–water partition coefficient (Wildman–Crippen LogP) is 1.70. The van der Waals surface area contributed by atoms with Crippen molar-refractivity contribution in [1.29, 1.82) is 0 Å². The number of carbonyl (C=O) groups is 1. The normalized spacial score (nSPS) is 24.6. The Balaban J connectivity index is 1.96. The number of hydrogen-bond donors (Lipinski definition) is 2. The standard InChI is InChI=1S/C13H22N4O/c1-9-4-3-5-10(7-6-9)15-13(18)12-11(14)8-17(2)16-12/h8-10H,3-7,14H2,1-2H3,(H,15,18). The van der Waals surface area contributed by atoms with E-state index in [9.17, 15) is 4.79 Å². The highest BCUT2D eigenvalue weighted by atomic mass is 16.2. The molecule has 0 aliphatic heterocycles. The second-order valence-electron chi connectivity index (χ2n) is 5.39. The smallest absolute Gasteiger partial charge is 0.274 e. The molecular formula is C13H22N4O. The van der Waals surface area contributed by atoms with Gasteiger partial charge in [0.15, 0.2) is 5.69 Å². The van der Waals surface area contributed by atoms with Crippen molar-refractivity contribution in [2.45, 2.75) is 45.1 Å². The number of amides is 1. The number of hydrogen-bond acceptors (Lipinski definition) is 3. The molecular weight excluding hydrogens is 228 g/mol. The summed E-state index contributed by atoms with van der Waals surface area (Å²) in [4.78, 5) is 12.1. The molecule has 5 heteroatoms. The summed E-state index contributed by atoms with van der Waals surface area (Å²) in [6, 6.07) is 0.267. The van der Waals surface area contributed by atoms with Crippen LogP contribution in [0.5, 0.6) is 0 Å². The lowest BCUT2D eigenvalue weighted by atomic mass is 10.0. The van der Waals surface area contributed by atoms with Crippen molar-refractivity contribution >= 4 is 11.6 Å². The minimum atomic E-state index is -0.146. The molecule has 0 radical (unpaired) electrons. The van der Waals surface area contributed by atoms with E-state index in [1.165, 1.54) is 19.3 Å². The summed E-state index contributed by atoms with van der Waals surface area (Å²) in [5.74, 6) is 0.625. The van der Waals surface area contributed by atoms with Gasteiger partial charge < -0.3 is 11.1 Å². The quantitative estimate of drug-likeness (QED) is 0.785. The molecule has 1 heterocycles. The predicted molar refractivity (Wildman–Crippen MR) is 71.1 cm³/mol.